The van der Waals surface area contributed by atoms with Gasteiger partial charge in [0.1, 0.15) is 5.75 Å². The van der Waals surface area contributed by atoms with Crippen LogP contribution in [0.1, 0.15) is 6.92 Å². The van der Waals surface area contributed by atoms with Crippen LogP contribution in [0.4, 0.5) is 0 Å². The second kappa shape index (κ2) is 5.30. The predicted molar refractivity (Wildman–Crippen MR) is 65.2 cm³/mol. The molecule has 0 unspecified atom stereocenters. The summed E-state index contributed by atoms with van der Waals surface area (Å²) >= 11 is 0. The minimum atomic E-state index is 0.514. The molecule has 17 heavy (non-hydrogen) atoms. The van der Waals surface area contributed by atoms with Crippen LogP contribution in [0, 0.1) is 0 Å². The highest BCUT2D eigenvalue weighted by molar-refractivity contribution is 5.59. The Kier molecular flexibility index (Phi) is 3.55. The lowest BCUT2D eigenvalue weighted by atomic mass is 10.1. The topological polar surface area (TPSA) is 44.2 Å². The van der Waals surface area contributed by atoms with E-state index in [9.17, 15) is 0 Å². The van der Waals surface area contributed by atoms with Gasteiger partial charge < -0.3 is 9.47 Å². The van der Waals surface area contributed by atoms with Crippen molar-refractivity contribution in [3.8, 4) is 22.9 Å². The third-order valence-corrected chi connectivity index (χ3v) is 2.31. The number of ether oxygens (including phenoxy) is 2. The number of rotatable bonds is 4. The van der Waals surface area contributed by atoms with Crippen molar-refractivity contribution in [2.45, 2.75) is 6.92 Å². The van der Waals surface area contributed by atoms with Gasteiger partial charge in [-0.15, -0.1) is 10.2 Å². The summed E-state index contributed by atoms with van der Waals surface area (Å²) in [4.78, 5) is 0. The van der Waals surface area contributed by atoms with Crippen LogP contribution in [-0.2, 0) is 0 Å². The fourth-order valence-corrected chi connectivity index (χ4v) is 1.47. The van der Waals surface area contributed by atoms with Crippen molar-refractivity contribution in [3.05, 3.63) is 36.4 Å². The van der Waals surface area contributed by atoms with Crippen LogP contribution in [0.15, 0.2) is 36.4 Å². The van der Waals surface area contributed by atoms with Crippen LogP contribution in [0.25, 0.3) is 11.3 Å². The third kappa shape index (κ3) is 2.72. The molecule has 0 radical (unpaired) electrons. The molecule has 88 valence electrons. The van der Waals surface area contributed by atoms with Gasteiger partial charge in [0, 0.05) is 11.6 Å². The maximum Gasteiger partial charge on any atom is 0.233 e. The predicted octanol–water partition coefficient (Wildman–Crippen LogP) is 2.55. The van der Waals surface area contributed by atoms with Crippen LogP contribution in [-0.4, -0.2) is 23.9 Å². The number of nitrogens with zero attached hydrogens (tertiary/aromatic N) is 2. The van der Waals surface area contributed by atoms with E-state index in [0.717, 1.165) is 17.0 Å². The SMILES string of the molecule is CCOc1ccc(-c2ccc(OC)nn2)cc1. The molecule has 4 heteroatoms. The standard InChI is InChI=1S/C13H14N2O2/c1-3-17-11-6-4-10(5-7-11)12-8-9-13(16-2)15-14-12/h4-9H,3H2,1-2H3. The monoisotopic (exact) mass is 230 g/mol. The average Bonchev–Trinajstić information content (AvgIpc) is 2.40. The Morgan fingerprint density at radius 1 is 1.00 bits per heavy atom. The molecule has 0 fully saturated rings. The Balaban J connectivity index is 2.20. The van der Waals surface area contributed by atoms with Gasteiger partial charge in [-0.25, -0.2) is 0 Å². The van der Waals surface area contributed by atoms with Crippen molar-refractivity contribution in [1.29, 1.82) is 0 Å². The van der Waals surface area contributed by atoms with E-state index in [2.05, 4.69) is 10.2 Å². The first kappa shape index (κ1) is 11.4. The highest BCUT2D eigenvalue weighted by Crippen LogP contribution is 2.21. The Labute approximate surface area is 100 Å². The highest BCUT2D eigenvalue weighted by Gasteiger charge is 2.01. The number of benzene rings is 1. The van der Waals surface area contributed by atoms with Gasteiger partial charge in [-0.2, -0.15) is 0 Å². The van der Waals surface area contributed by atoms with Gasteiger partial charge in [-0.1, -0.05) is 0 Å². The van der Waals surface area contributed by atoms with E-state index >= 15 is 0 Å². The molecule has 4 nitrogen and oxygen atoms in total. The van der Waals surface area contributed by atoms with Gasteiger partial charge >= 0.3 is 0 Å². The summed E-state index contributed by atoms with van der Waals surface area (Å²) in [6.45, 7) is 2.63. The molecule has 0 bridgehead atoms. The van der Waals surface area contributed by atoms with Crippen molar-refractivity contribution < 1.29 is 9.47 Å². The van der Waals surface area contributed by atoms with Gasteiger partial charge in [-0.3, -0.25) is 0 Å². The molecule has 0 aliphatic carbocycles. The zero-order chi connectivity index (χ0) is 12.1. The number of hydrogen-bond acceptors (Lipinski definition) is 4. The summed E-state index contributed by atoms with van der Waals surface area (Å²) in [7, 11) is 1.57. The minimum Gasteiger partial charge on any atom is -0.494 e. The molecule has 0 N–H and O–H groups in total. The fourth-order valence-electron chi connectivity index (χ4n) is 1.47. The number of methoxy groups -OCH3 is 1. The quantitative estimate of drug-likeness (QED) is 0.809. The summed E-state index contributed by atoms with van der Waals surface area (Å²) in [6, 6.07) is 11.4. The maximum atomic E-state index is 5.38. The largest absolute Gasteiger partial charge is 0.494 e. The van der Waals surface area contributed by atoms with Gasteiger partial charge in [0.25, 0.3) is 0 Å². The number of hydrogen-bond donors (Lipinski definition) is 0. The lowest BCUT2D eigenvalue weighted by Gasteiger charge is -2.04. The Morgan fingerprint density at radius 2 is 1.76 bits per heavy atom. The van der Waals surface area contributed by atoms with Crippen LogP contribution in [0.5, 0.6) is 11.6 Å². The van der Waals surface area contributed by atoms with Crippen molar-refractivity contribution in [3.63, 3.8) is 0 Å². The van der Waals surface area contributed by atoms with Crippen LogP contribution >= 0.6 is 0 Å². The van der Waals surface area contributed by atoms with Crippen LogP contribution in [0.2, 0.25) is 0 Å². The smallest absolute Gasteiger partial charge is 0.233 e. The van der Waals surface area contributed by atoms with Crippen LogP contribution < -0.4 is 9.47 Å². The summed E-state index contributed by atoms with van der Waals surface area (Å²) in [5.41, 5.74) is 1.82. The molecule has 1 aromatic carbocycles. The first-order chi connectivity index (χ1) is 8.33. The molecule has 1 heterocycles. The molecule has 2 aromatic rings. The molecule has 0 amide bonds. The average molecular weight is 230 g/mol. The second-order valence-corrected chi connectivity index (χ2v) is 3.42. The zero-order valence-corrected chi connectivity index (χ0v) is 9.88. The lowest BCUT2D eigenvalue weighted by molar-refractivity contribution is 0.340. The molecule has 2 rings (SSSR count). The first-order valence-electron chi connectivity index (χ1n) is 5.44. The molecular formula is C13H14N2O2. The van der Waals surface area contributed by atoms with E-state index in [1.807, 2.05) is 37.3 Å². The lowest BCUT2D eigenvalue weighted by Crippen LogP contribution is -1.93. The molecular weight excluding hydrogens is 216 g/mol. The van der Waals surface area contributed by atoms with Crippen molar-refractivity contribution in [2.24, 2.45) is 0 Å². The number of aromatic nitrogens is 2. The van der Waals surface area contributed by atoms with Gasteiger partial charge in [0.2, 0.25) is 5.88 Å². The molecule has 0 atom stereocenters. The van der Waals surface area contributed by atoms with E-state index in [1.165, 1.54) is 0 Å². The van der Waals surface area contributed by atoms with Gasteiger partial charge in [0.15, 0.2) is 0 Å². The molecule has 0 saturated heterocycles. The van der Waals surface area contributed by atoms with E-state index < -0.39 is 0 Å². The third-order valence-electron chi connectivity index (χ3n) is 2.31. The first-order valence-corrected chi connectivity index (χ1v) is 5.44. The van der Waals surface area contributed by atoms with E-state index in [-0.39, 0.29) is 0 Å². The molecule has 0 saturated carbocycles. The molecule has 0 aliphatic rings. The van der Waals surface area contributed by atoms with Gasteiger partial charge in [-0.05, 0) is 37.3 Å². The summed E-state index contributed by atoms with van der Waals surface area (Å²) in [5, 5.41) is 8.01. The maximum absolute atomic E-state index is 5.38. The van der Waals surface area contributed by atoms with Crippen molar-refractivity contribution in [2.75, 3.05) is 13.7 Å². The molecule has 1 aromatic heterocycles. The highest BCUT2D eigenvalue weighted by atomic mass is 16.5. The van der Waals surface area contributed by atoms with Crippen LogP contribution in [0.3, 0.4) is 0 Å². The fraction of sp³-hybridized carbons (Fsp3) is 0.231. The van der Waals surface area contributed by atoms with E-state index in [1.54, 1.807) is 13.2 Å². The Hall–Kier alpha value is -2.10. The normalized spacial score (nSPS) is 10.0. The molecule has 0 aliphatic heterocycles. The second-order valence-electron chi connectivity index (χ2n) is 3.42. The van der Waals surface area contributed by atoms with Crippen molar-refractivity contribution in [1.82, 2.24) is 10.2 Å². The minimum absolute atomic E-state index is 0.514. The Morgan fingerprint density at radius 3 is 2.29 bits per heavy atom. The summed E-state index contributed by atoms with van der Waals surface area (Å²) < 4.78 is 10.3. The van der Waals surface area contributed by atoms with Gasteiger partial charge in [0.05, 0.1) is 19.4 Å². The van der Waals surface area contributed by atoms with E-state index in [4.69, 9.17) is 9.47 Å². The molecule has 0 spiro atoms. The summed E-state index contributed by atoms with van der Waals surface area (Å²) in [6.07, 6.45) is 0. The zero-order valence-electron chi connectivity index (χ0n) is 9.88. The van der Waals surface area contributed by atoms with Crippen molar-refractivity contribution >= 4 is 0 Å². The van der Waals surface area contributed by atoms with E-state index in [0.29, 0.717) is 12.5 Å². The summed E-state index contributed by atoms with van der Waals surface area (Å²) in [5.74, 6) is 1.37. The Bertz CT molecular complexity index is 466.